The summed E-state index contributed by atoms with van der Waals surface area (Å²) in [5.41, 5.74) is 0.609. The van der Waals surface area contributed by atoms with Gasteiger partial charge in [0.25, 0.3) is 11.5 Å². The lowest BCUT2D eigenvalue weighted by molar-refractivity contribution is 0.0260. The number of aromatic amines is 1. The van der Waals surface area contributed by atoms with Gasteiger partial charge in [-0.05, 0) is 31.0 Å². The number of H-pyrrole nitrogens is 1. The number of benzene rings is 1. The zero-order chi connectivity index (χ0) is 23.3. The second-order valence-electron chi connectivity index (χ2n) is 5.51. The van der Waals surface area contributed by atoms with E-state index in [-0.39, 0.29) is 31.1 Å². The highest BCUT2D eigenvalue weighted by atomic mass is 19.1. The number of anilines is 2. The monoisotopic (exact) mass is 422 g/mol. The first-order valence-electron chi connectivity index (χ1n) is 9.08. The molecule has 4 N–H and O–H groups in total. The summed E-state index contributed by atoms with van der Waals surface area (Å²) in [6.45, 7) is 5.60. The van der Waals surface area contributed by atoms with Crippen molar-refractivity contribution in [2.75, 3.05) is 18.5 Å². The number of terminal acetylenes is 1. The van der Waals surface area contributed by atoms with Crippen LogP contribution in [0.25, 0.3) is 0 Å². The molecule has 1 aromatic heterocycles. The number of nitrogens with zero attached hydrogens (tertiary/aromatic N) is 1. The van der Waals surface area contributed by atoms with Crippen LogP contribution in [0, 0.1) is 25.6 Å². The van der Waals surface area contributed by atoms with Crippen molar-refractivity contribution in [1.29, 1.82) is 0 Å². The summed E-state index contributed by atoms with van der Waals surface area (Å²) in [7, 11) is 1.20. The summed E-state index contributed by atoms with van der Waals surface area (Å²) in [5, 5.41) is 11.2. The summed E-state index contributed by atoms with van der Waals surface area (Å²) in [6, 6.07) is 4.31. The van der Waals surface area contributed by atoms with Gasteiger partial charge >= 0.3 is 5.69 Å². The summed E-state index contributed by atoms with van der Waals surface area (Å²) in [6.07, 6.45) is 8.28. The highest BCUT2D eigenvalue weighted by Gasteiger charge is 2.21. The Hall–Kier alpha value is -3.42. The van der Waals surface area contributed by atoms with Crippen molar-refractivity contribution >= 4 is 17.4 Å². The second-order valence-corrected chi connectivity index (χ2v) is 5.51. The van der Waals surface area contributed by atoms with Crippen LogP contribution >= 0.6 is 0 Å². The predicted molar refractivity (Wildman–Crippen MR) is 113 cm³/mol. The Bertz CT molecular complexity index is 966. The Morgan fingerprint density at radius 2 is 1.93 bits per heavy atom. The Kier molecular flexibility index (Phi) is 12.1. The Morgan fingerprint density at radius 1 is 1.30 bits per heavy atom. The molecular weight excluding hydrogens is 395 g/mol. The molecule has 0 bridgehead atoms. The smallest absolute Gasteiger partial charge is 0.329 e. The number of hydrogen-bond acceptors (Lipinski definition) is 6. The minimum Gasteiger partial charge on any atom is -0.396 e. The zero-order valence-corrected chi connectivity index (χ0v) is 17.4. The largest absolute Gasteiger partial charge is 0.396 e. The van der Waals surface area contributed by atoms with E-state index in [4.69, 9.17) is 9.94 Å². The molecule has 9 nitrogen and oxygen atoms in total. The maximum atomic E-state index is 14.0. The lowest BCUT2D eigenvalue weighted by atomic mass is 10.2. The van der Waals surface area contributed by atoms with Crippen LogP contribution in [0.3, 0.4) is 0 Å². The maximum absolute atomic E-state index is 14.0. The molecular formula is C20H27FN4O5. The van der Waals surface area contributed by atoms with Gasteiger partial charge in [-0.2, -0.15) is 0 Å². The van der Waals surface area contributed by atoms with Gasteiger partial charge < -0.3 is 10.4 Å². The van der Waals surface area contributed by atoms with Gasteiger partial charge in [0.15, 0.2) is 0 Å². The first-order valence-corrected chi connectivity index (χ1v) is 9.08. The molecule has 0 unspecified atom stereocenters. The van der Waals surface area contributed by atoms with Gasteiger partial charge in [-0.1, -0.05) is 19.9 Å². The second kappa shape index (κ2) is 13.7. The lowest BCUT2D eigenvalue weighted by Gasteiger charge is -2.13. The molecule has 1 heterocycles. The van der Waals surface area contributed by atoms with Crippen LogP contribution in [-0.2, 0) is 11.9 Å². The van der Waals surface area contributed by atoms with E-state index in [0.717, 1.165) is 0 Å². The topological polar surface area (TPSA) is 125 Å². The molecule has 1 aromatic carbocycles. The molecule has 164 valence electrons. The minimum absolute atomic E-state index is 0.0187. The SMILES string of the molecule is C#C.CC.Cc1ccc(Nc2[nH]c(=O)n(C)c(=O)c2C(=O)NOCCCO)c(F)c1. The fourth-order valence-electron chi connectivity index (χ4n) is 2.09. The lowest BCUT2D eigenvalue weighted by Crippen LogP contribution is -2.40. The van der Waals surface area contributed by atoms with Crippen molar-refractivity contribution in [2.45, 2.75) is 27.2 Å². The van der Waals surface area contributed by atoms with Gasteiger partial charge in [0.05, 0.1) is 12.3 Å². The molecule has 2 aromatic rings. The van der Waals surface area contributed by atoms with Gasteiger partial charge in [-0.25, -0.2) is 14.7 Å². The average Bonchev–Trinajstić information content (AvgIpc) is 2.74. The molecule has 0 fully saturated rings. The van der Waals surface area contributed by atoms with E-state index in [0.29, 0.717) is 10.1 Å². The Morgan fingerprint density at radius 3 is 2.50 bits per heavy atom. The third-order valence-electron chi connectivity index (χ3n) is 3.49. The number of nitrogens with one attached hydrogen (secondary N) is 3. The Balaban J connectivity index is 0.00000198. The summed E-state index contributed by atoms with van der Waals surface area (Å²) in [4.78, 5) is 43.6. The van der Waals surface area contributed by atoms with Crippen molar-refractivity contribution in [1.82, 2.24) is 15.0 Å². The number of halogens is 1. The molecule has 0 radical (unpaired) electrons. The molecule has 1 amide bonds. The zero-order valence-electron chi connectivity index (χ0n) is 17.4. The van der Waals surface area contributed by atoms with E-state index < -0.39 is 28.5 Å². The molecule has 0 saturated carbocycles. The van der Waals surface area contributed by atoms with Crippen LogP contribution in [0.15, 0.2) is 27.8 Å². The van der Waals surface area contributed by atoms with Gasteiger partial charge in [0.1, 0.15) is 17.2 Å². The maximum Gasteiger partial charge on any atom is 0.329 e. The fourth-order valence-corrected chi connectivity index (χ4v) is 2.09. The molecule has 0 aliphatic heterocycles. The van der Waals surface area contributed by atoms with E-state index in [1.165, 1.54) is 19.2 Å². The predicted octanol–water partition coefficient (Wildman–Crippen LogP) is 1.58. The molecule has 0 aliphatic carbocycles. The van der Waals surface area contributed by atoms with Gasteiger partial charge in [0, 0.05) is 13.7 Å². The quantitative estimate of drug-likeness (QED) is 0.305. The number of amides is 1. The minimum atomic E-state index is -0.921. The summed E-state index contributed by atoms with van der Waals surface area (Å²) < 4.78 is 14.8. The number of carbonyl (C=O) groups is 1. The molecule has 10 heteroatoms. The van der Waals surface area contributed by atoms with E-state index >= 15 is 0 Å². The van der Waals surface area contributed by atoms with Crippen LogP contribution in [0.4, 0.5) is 15.9 Å². The number of aryl methyl sites for hydroxylation is 1. The van der Waals surface area contributed by atoms with Crippen molar-refractivity contribution in [3.8, 4) is 12.8 Å². The van der Waals surface area contributed by atoms with Crippen molar-refractivity contribution in [2.24, 2.45) is 7.05 Å². The van der Waals surface area contributed by atoms with Crippen molar-refractivity contribution in [3.05, 3.63) is 56.0 Å². The van der Waals surface area contributed by atoms with Crippen molar-refractivity contribution in [3.63, 3.8) is 0 Å². The van der Waals surface area contributed by atoms with Crippen LogP contribution in [0.5, 0.6) is 0 Å². The number of carbonyl (C=O) groups excluding carboxylic acids is 1. The molecule has 30 heavy (non-hydrogen) atoms. The number of hydrogen-bond donors (Lipinski definition) is 4. The first-order chi connectivity index (χ1) is 14.3. The molecule has 0 saturated heterocycles. The van der Waals surface area contributed by atoms with E-state index in [1.54, 1.807) is 13.0 Å². The van der Waals surface area contributed by atoms with E-state index in [2.05, 4.69) is 28.6 Å². The van der Waals surface area contributed by atoms with Crippen LogP contribution in [0.2, 0.25) is 0 Å². The molecule has 0 aliphatic rings. The average molecular weight is 422 g/mol. The standard InChI is InChI=1S/C16H19FN4O5.C2H6.C2H2/c1-9-4-5-11(10(17)8-9)18-13-12(14(23)20-26-7-3-6-22)15(24)21(2)16(25)19-13;2*1-2/h4-5,8,18,22H,3,6-7H2,1-2H3,(H,19,25)(H,20,23);1-2H3;1-2H. The van der Waals surface area contributed by atoms with Gasteiger partial charge in [-0.15, -0.1) is 12.8 Å². The fraction of sp³-hybridized carbons (Fsp3) is 0.350. The highest BCUT2D eigenvalue weighted by Crippen LogP contribution is 2.20. The number of hydroxylamine groups is 1. The highest BCUT2D eigenvalue weighted by molar-refractivity contribution is 5.98. The number of aromatic nitrogens is 2. The summed E-state index contributed by atoms with van der Waals surface area (Å²) in [5.74, 6) is -1.80. The number of rotatable bonds is 7. The third-order valence-corrected chi connectivity index (χ3v) is 3.49. The van der Waals surface area contributed by atoms with Crippen LogP contribution in [0.1, 0.15) is 36.2 Å². The summed E-state index contributed by atoms with van der Waals surface area (Å²) >= 11 is 0. The third kappa shape index (κ3) is 7.20. The molecule has 2 rings (SSSR count). The first kappa shape index (κ1) is 26.6. The van der Waals surface area contributed by atoms with Crippen LogP contribution < -0.4 is 22.0 Å². The molecule has 0 atom stereocenters. The Labute approximate surface area is 173 Å². The molecule has 0 spiro atoms. The van der Waals surface area contributed by atoms with Crippen LogP contribution in [-0.4, -0.2) is 33.8 Å². The number of aliphatic hydroxyl groups excluding tert-OH is 1. The normalized spacial score (nSPS) is 9.47. The number of aliphatic hydroxyl groups is 1. The van der Waals surface area contributed by atoms with E-state index in [1.807, 2.05) is 13.8 Å². The van der Waals surface area contributed by atoms with Gasteiger partial charge in [0.2, 0.25) is 0 Å². The van der Waals surface area contributed by atoms with E-state index in [9.17, 15) is 18.8 Å². The van der Waals surface area contributed by atoms with Gasteiger partial charge in [-0.3, -0.25) is 24.0 Å². The van der Waals surface area contributed by atoms with Crippen molar-refractivity contribution < 1.29 is 19.1 Å².